The topological polar surface area (TPSA) is 85.7 Å². The van der Waals surface area contributed by atoms with Crippen LogP contribution in [0.5, 0.6) is 0 Å². The quantitative estimate of drug-likeness (QED) is 0.345. The molecule has 1 aromatic heterocycles. The van der Waals surface area contributed by atoms with E-state index in [0.717, 1.165) is 9.87 Å². The van der Waals surface area contributed by atoms with Crippen LogP contribution in [0.4, 0.5) is 0 Å². The molecule has 0 amide bonds. The minimum Gasteiger partial charge on any atom is -0.464 e. The molecular weight excluding hydrogens is 404 g/mol. The lowest BCUT2D eigenvalue weighted by atomic mass is 10.1. The van der Waals surface area contributed by atoms with Crippen molar-refractivity contribution < 1.29 is 22.7 Å². The maximum atomic E-state index is 13.2. The average Bonchev–Trinajstić information content (AvgIpc) is 2.96. The number of aryl methyl sites for hydroxylation is 1. The lowest BCUT2D eigenvalue weighted by Crippen LogP contribution is -2.36. The second kappa shape index (κ2) is 9.40. The number of carbonyl (C=O) groups excluding carboxylic acids is 2. The zero-order valence-electron chi connectivity index (χ0n) is 18.1. The van der Waals surface area contributed by atoms with Gasteiger partial charge in [0.1, 0.15) is 5.69 Å². The van der Waals surface area contributed by atoms with Crippen molar-refractivity contribution in [3.8, 4) is 0 Å². The number of hydrogen-bond acceptors (Lipinski definition) is 5. The molecule has 0 saturated heterocycles. The van der Waals surface area contributed by atoms with Crippen molar-refractivity contribution in [3.05, 3.63) is 65.0 Å². The molecule has 7 nitrogen and oxygen atoms in total. The number of sulfonamides is 1. The summed E-state index contributed by atoms with van der Waals surface area (Å²) in [5.41, 5.74) is 2.66. The van der Waals surface area contributed by atoms with E-state index >= 15 is 0 Å². The van der Waals surface area contributed by atoms with E-state index in [1.54, 1.807) is 30.5 Å². The number of esters is 1. The minimum atomic E-state index is -3.90. The molecule has 2 aromatic rings. The lowest BCUT2D eigenvalue weighted by molar-refractivity contribution is 0.0587. The van der Waals surface area contributed by atoms with Crippen LogP contribution in [0.25, 0.3) is 0 Å². The van der Waals surface area contributed by atoms with E-state index in [4.69, 9.17) is 4.74 Å². The van der Waals surface area contributed by atoms with E-state index in [2.05, 4.69) is 6.58 Å². The first-order valence-electron chi connectivity index (χ1n) is 9.59. The Bertz CT molecular complexity index is 1070. The smallest absolute Gasteiger partial charge is 0.354 e. The van der Waals surface area contributed by atoms with Crippen LogP contribution in [-0.4, -0.2) is 49.2 Å². The summed E-state index contributed by atoms with van der Waals surface area (Å²) in [6, 6.07) is 6.45. The van der Waals surface area contributed by atoms with E-state index in [1.807, 2.05) is 13.8 Å². The summed E-state index contributed by atoms with van der Waals surface area (Å²) in [7, 11) is -2.61. The molecule has 1 heterocycles. The first kappa shape index (κ1) is 23.6. The number of aromatic nitrogens is 1. The van der Waals surface area contributed by atoms with Gasteiger partial charge in [0.15, 0.2) is 5.78 Å². The number of methoxy groups -OCH3 is 1. The largest absolute Gasteiger partial charge is 0.464 e. The highest BCUT2D eigenvalue weighted by atomic mass is 32.2. The third-order valence-corrected chi connectivity index (χ3v) is 6.88. The number of carbonyl (C=O) groups is 2. The van der Waals surface area contributed by atoms with Gasteiger partial charge >= 0.3 is 5.97 Å². The summed E-state index contributed by atoms with van der Waals surface area (Å²) in [6.07, 6.45) is 1.44. The fraction of sp³-hybridized carbons (Fsp3) is 0.364. The van der Waals surface area contributed by atoms with Gasteiger partial charge in [-0.3, -0.25) is 4.79 Å². The predicted octanol–water partition coefficient (Wildman–Crippen LogP) is 3.28. The van der Waals surface area contributed by atoms with Gasteiger partial charge in [-0.1, -0.05) is 23.8 Å². The third kappa shape index (κ3) is 4.39. The molecule has 0 N–H and O–H groups in total. The van der Waals surface area contributed by atoms with E-state index in [9.17, 15) is 18.0 Å². The number of hydrogen-bond donors (Lipinski definition) is 0. The number of benzene rings is 1. The van der Waals surface area contributed by atoms with E-state index in [1.165, 1.54) is 25.3 Å². The molecule has 0 unspecified atom stereocenters. The third-order valence-electron chi connectivity index (χ3n) is 5.05. The molecular formula is C22H28N2O5S. The van der Waals surface area contributed by atoms with Crippen LogP contribution in [0, 0.1) is 20.8 Å². The summed E-state index contributed by atoms with van der Waals surface area (Å²) in [6.45, 7) is 10.9. The van der Waals surface area contributed by atoms with Gasteiger partial charge in [0.25, 0.3) is 0 Å². The molecule has 0 aliphatic heterocycles. The van der Waals surface area contributed by atoms with Crippen LogP contribution >= 0.6 is 0 Å². The summed E-state index contributed by atoms with van der Waals surface area (Å²) in [5.74, 6) is -0.924. The molecule has 0 radical (unpaired) electrons. The van der Waals surface area contributed by atoms with Crippen molar-refractivity contribution >= 4 is 21.8 Å². The Kier molecular flexibility index (Phi) is 7.39. The average molecular weight is 433 g/mol. The fourth-order valence-corrected chi connectivity index (χ4v) is 4.92. The summed E-state index contributed by atoms with van der Waals surface area (Å²) < 4.78 is 33.9. The molecule has 1 aromatic carbocycles. The van der Waals surface area contributed by atoms with Crippen LogP contribution in [0.2, 0.25) is 0 Å². The monoisotopic (exact) mass is 432 g/mol. The van der Waals surface area contributed by atoms with Crippen molar-refractivity contribution in [1.29, 1.82) is 0 Å². The van der Waals surface area contributed by atoms with Gasteiger partial charge in [-0.15, -0.1) is 6.58 Å². The molecule has 8 heteroatoms. The van der Waals surface area contributed by atoms with E-state index < -0.39 is 16.0 Å². The Balaban J connectivity index is 2.47. The highest BCUT2D eigenvalue weighted by Crippen LogP contribution is 2.25. The highest BCUT2D eigenvalue weighted by Gasteiger charge is 2.30. The Morgan fingerprint density at radius 1 is 1.17 bits per heavy atom. The molecule has 0 saturated carbocycles. The molecule has 0 fully saturated rings. The summed E-state index contributed by atoms with van der Waals surface area (Å²) >= 11 is 0. The first-order valence-corrected chi connectivity index (χ1v) is 11.0. The molecule has 0 aliphatic rings. The van der Waals surface area contributed by atoms with Gasteiger partial charge in [-0.2, -0.15) is 4.31 Å². The van der Waals surface area contributed by atoms with Crippen molar-refractivity contribution in [2.45, 2.75) is 39.1 Å². The Morgan fingerprint density at radius 2 is 1.77 bits per heavy atom. The molecule has 2 rings (SSSR count). The Morgan fingerprint density at radius 3 is 2.27 bits per heavy atom. The van der Waals surface area contributed by atoms with Gasteiger partial charge in [0, 0.05) is 24.3 Å². The molecule has 0 aliphatic carbocycles. The Hall–Kier alpha value is -2.71. The maximum Gasteiger partial charge on any atom is 0.354 e. The minimum absolute atomic E-state index is 0.0155. The molecule has 0 atom stereocenters. The van der Waals surface area contributed by atoms with Crippen LogP contribution in [-0.2, 0) is 21.3 Å². The zero-order valence-corrected chi connectivity index (χ0v) is 18.9. The first-order chi connectivity index (χ1) is 14.1. The van der Waals surface area contributed by atoms with Crippen LogP contribution < -0.4 is 0 Å². The van der Waals surface area contributed by atoms with Gasteiger partial charge in [-0.05, 0) is 45.4 Å². The number of rotatable bonds is 9. The van der Waals surface area contributed by atoms with Gasteiger partial charge in [0.05, 0.1) is 18.6 Å². The maximum absolute atomic E-state index is 13.2. The molecule has 162 valence electrons. The lowest BCUT2D eigenvalue weighted by Gasteiger charge is -2.20. The van der Waals surface area contributed by atoms with Crippen molar-refractivity contribution in [2.75, 3.05) is 20.2 Å². The second-order valence-electron chi connectivity index (χ2n) is 6.99. The van der Waals surface area contributed by atoms with Gasteiger partial charge in [0.2, 0.25) is 10.0 Å². The van der Waals surface area contributed by atoms with E-state index in [-0.39, 0.29) is 23.8 Å². The number of ether oxygens (including phenoxy) is 1. The SMILES string of the molecule is C=CCN(CC(=O)c1c(C)c(C(=O)OC)n(CC)c1C)S(=O)(=O)c1ccc(C)cc1. The molecule has 0 spiro atoms. The van der Waals surface area contributed by atoms with Gasteiger partial charge < -0.3 is 9.30 Å². The highest BCUT2D eigenvalue weighted by molar-refractivity contribution is 7.89. The van der Waals surface area contributed by atoms with Crippen molar-refractivity contribution in [3.63, 3.8) is 0 Å². The van der Waals surface area contributed by atoms with Gasteiger partial charge in [-0.25, -0.2) is 13.2 Å². The molecule has 30 heavy (non-hydrogen) atoms. The van der Waals surface area contributed by atoms with Crippen LogP contribution in [0.3, 0.4) is 0 Å². The normalized spacial score (nSPS) is 11.5. The second-order valence-corrected chi connectivity index (χ2v) is 8.93. The number of ketones is 1. The number of Topliss-reactive ketones (excluding diaryl/α,β-unsaturated/α-hetero) is 1. The van der Waals surface area contributed by atoms with Crippen molar-refractivity contribution in [1.82, 2.24) is 8.87 Å². The predicted molar refractivity (Wildman–Crippen MR) is 115 cm³/mol. The fourth-order valence-electron chi connectivity index (χ4n) is 3.55. The Labute approximate surface area is 178 Å². The summed E-state index contributed by atoms with van der Waals surface area (Å²) in [5, 5.41) is 0. The van der Waals surface area contributed by atoms with E-state index in [0.29, 0.717) is 29.1 Å². The molecule has 0 bridgehead atoms. The van der Waals surface area contributed by atoms with Crippen LogP contribution in [0.1, 0.15) is 44.6 Å². The van der Waals surface area contributed by atoms with Crippen LogP contribution in [0.15, 0.2) is 41.8 Å². The summed E-state index contributed by atoms with van der Waals surface area (Å²) in [4.78, 5) is 25.5. The zero-order chi connectivity index (χ0) is 22.6. The van der Waals surface area contributed by atoms with Crippen molar-refractivity contribution in [2.24, 2.45) is 0 Å². The standard InChI is InChI=1S/C22H28N2O5S/c1-7-13-23(30(27,28)18-11-9-15(3)10-12-18)14-19(25)20-16(4)21(22(26)29-6)24(8-2)17(20)5/h7,9-12H,1,8,13-14H2,2-6H3. The number of nitrogens with zero attached hydrogens (tertiary/aromatic N) is 2.